The van der Waals surface area contributed by atoms with Gasteiger partial charge in [-0.1, -0.05) is 6.92 Å². The minimum atomic E-state index is 0.253. The first-order chi connectivity index (χ1) is 6.24. The standard InChI is InChI=1S/C10H18N2O/c1-7-2-9(3-7)12-10(13)4-8-5-11-6-8/h7-9,11H,2-6H2,1H3,(H,12,13). The third-order valence-corrected chi connectivity index (χ3v) is 3.08. The van der Waals surface area contributed by atoms with Crippen LogP contribution in [0.25, 0.3) is 0 Å². The lowest BCUT2D eigenvalue weighted by molar-refractivity contribution is -0.123. The predicted octanol–water partition coefficient (Wildman–Crippen LogP) is 0.511. The summed E-state index contributed by atoms with van der Waals surface area (Å²) in [5.41, 5.74) is 0. The van der Waals surface area contributed by atoms with Crippen molar-refractivity contribution in [2.45, 2.75) is 32.2 Å². The van der Waals surface area contributed by atoms with E-state index in [4.69, 9.17) is 0 Å². The van der Waals surface area contributed by atoms with Gasteiger partial charge in [-0.15, -0.1) is 0 Å². The second-order valence-corrected chi connectivity index (χ2v) is 4.57. The zero-order chi connectivity index (χ0) is 9.26. The highest BCUT2D eigenvalue weighted by molar-refractivity contribution is 5.76. The van der Waals surface area contributed by atoms with Crippen LogP contribution in [0.5, 0.6) is 0 Å². The first kappa shape index (κ1) is 9.00. The minimum absolute atomic E-state index is 0.253. The van der Waals surface area contributed by atoms with Crippen molar-refractivity contribution >= 4 is 5.91 Å². The van der Waals surface area contributed by atoms with Crippen LogP contribution in [-0.2, 0) is 4.79 Å². The highest BCUT2D eigenvalue weighted by atomic mass is 16.1. The van der Waals surface area contributed by atoms with Crippen molar-refractivity contribution in [1.29, 1.82) is 0 Å². The van der Waals surface area contributed by atoms with Crippen molar-refractivity contribution in [3.05, 3.63) is 0 Å². The van der Waals surface area contributed by atoms with E-state index in [-0.39, 0.29) is 5.91 Å². The van der Waals surface area contributed by atoms with E-state index in [1.54, 1.807) is 0 Å². The summed E-state index contributed by atoms with van der Waals surface area (Å²) in [5.74, 6) is 1.66. The summed E-state index contributed by atoms with van der Waals surface area (Å²) in [7, 11) is 0. The molecule has 3 nitrogen and oxygen atoms in total. The Kier molecular flexibility index (Phi) is 2.54. The molecule has 74 valence electrons. The molecule has 1 aliphatic carbocycles. The Labute approximate surface area is 79.3 Å². The van der Waals surface area contributed by atoms with E-state index in [0.717, 1.165) is 25.4 Å². The van der Waals surface area contributed by atoms with Gasteiger partial charge in [-0.3, -0.25) is 4.79 Å². The van der Waals surface area contributed by atoms with Crippen LogP contribution in [0.4, 0.5) is 0 Å². The Balaban J connectivity index is 1.61. The number of nitrogens with one attached hydrogen (secondary N) is 2. The van der Waals surface area contributed by atoms with Crippen LogP contribution in [0.1, 0.15) is 26.2 Å². The normalized spacial score (nSPS) is 33.3. The minimum Gasteiger partial charge on any atom is -0.353 e. The van der Waals surface area contributed by atoms with Crippen LogP contribution in [0.15, 0.2) is 0 Å². The molecule has 0 aromatic heterocycles. The third-order valence-electron chi connectivity index (χ3n) is 3.08. The lowest BCUT2D eigenvalue weighted by Gasteiger charge is -2.34. The summed E-state index contributed by atoms with van der Waals surface area (Å²) >= 11 is 0. The lowest BCUT2D eigenvalue weighted by atomic mass is 9.81. The quantitative estimate of drug-likeness (QED) is 0.667. The summed E-state index contributed by atoms with van der Waals surface area (Å²) < 4.78 is 0. The van der Waals surface area contributed by atoms with Gasteiger partial charge in [0, 0.05) is 12.5 Å². The molecule has 1 heterocycles. The van der Waals surface area contributed by atoms with E-state index in [9.17, 15) is 4.79 Å². The molecule has 1 amide bonds. The Hall–Kier alpha value is -0.570. The maximum atomic E-state index is 11.4. The van der Waals surface area contributed by atoms with Crippen molar-refractivity contribution in [3.8, 4) is 0 Å². The topological polar surface area (TPSA) is 41.1 Å². The molecule has 2 N–H and O–H groups in total. The second kappa shape index (κ2) is 3.66. The van der Waals surface area contributed by atoms with Gasteiger partial charge in [0.15, 0.2) is 0 Å². The van der Waals surface area contributed by atoms with Crippen LogP contribution in [0, 0.1) is 11.8 Å². The van der Waals surface area contributed by atoms with E-state index in [1.807, 2.05) is 0 Å². The summed E-state index contributed by atoms with van der Waals surface area (Å²) in [4.78, 5) is 11.4. The molecule has 0 aromatic rings. The molecule has 1 saturated carbocycles. The van der Waals surface area contributed by atoms with E-state index in [0.29, 0.717) is 12.0 Å². The fourth-order valence-electron chi connectivity index (χ4n) is 2.06. The van der Waals surface area contributed by atoms with Crippen LogP contribution >= 0.6 is 0 Å². The number of carbonyl (C=O) groups excluding carboxylic acids is 1. The molecule has 0 bridgehead atoms. The van der Waals surface area contributed by atoms with Crippen LogP contribution < -0.4 is 10.6 Å². The van der Waals surface area contributed by atoms with Gasteiger partial charge in [0.2, 0.25) is 5.91 Å². The van der Waals surface area contributed by atoms with Gasteiger partial charge in [0.1, 0.15) is 0 Å². The van der Waals surface area contributed by atoms with Crippen LogP contribution in [-0.4, -0.2) is 25.0 Å². The van der Waals surface area contributed by atoms with Crippen molar-refractivity contribution in [2.75, 3.05) is 13.1 Å². The van der Waals surface area contributed by atoms with Crippen molar-refractivity contribution in [3.63, 3.8) is 0 Å². The maximum Gasteiger partial charge on any atom is 0.220 e. The van der Waals surface area contributed by atoms with Gasteiger partial charge in [-0.2, -0.15) is 0 Å². The second-order valence-electron chi connectivity index (χ2n) is 4.57. The smallest absolute Gasteiger partial charge is 0.220 e. The Bertz CT molecular complexity index is 195. The molecular formula is C10H18N2O. The molecule has 1 aliphatic heterocycles. The van der Waals surface area contributed by atoms with E-state index >= 15 is 0 Å². The van der Waals surface area contributed by atoms with Gasteiger partial charge in [0.05, 0.1) is 0 Å². The van der Waals surface area contributed by atoms with Gasteiger partial charge < -0.3 is 10.6 Å². The van der Waals surface area contributed by atoms with E-state index in [2.05, 4.69) is 17.6 Å². The fourth-order valence-corrected chi connectivity index (χ4v) is 2.06. The first-order valence-corrected chi connectivity index (χ1v) is 5.24. The van der Waals surface area contributed by atoms with Crippen LogP contribution in [0.3, 0.4) is 0 Å². The number of carbonyl (C=O) groups is 1. The molecule has 3 heteroatoms. The molecule has 2 aliphatic rings. The molecule has 0 spiro atoms. The van der Waals surface area contributed by atoms with Gasteiger partial charge >= 0.3 is 0 Å². The average Bonchev–Trinajstić information content (AvgIpc) is 1.94. The third kappa shape index (κ3) is 2.21. The summed E-state index contributed by atoms with van der Waals surface area (Å²) in [6, 6.07) is 0.482. The van der Waals surface area contributed by atoms with Crippen LogP contribution in [0.2, 0.25) is 0 Å². The lowest BCUT2D eigenvalue weighted by Crippen LogP contribution is -2.48. The molecular weight excluding hydrogens is 164 g/mol. The number of hydrogen-bond acceptors (Lipinski definition) is 2. The Morgan fingerprint density at radius 3 is 2.62 bits per heavy atom. The van der Waals surface area contributed by atoms with Crippen molar-refractivity contribution in [1.82, 2.24) is 10.6 Å². The largest absolute Gasteiger partial charge is 0.353 e. The van der Waals surface area contributed by atoms with Gasteiger partial charge in [-0.05, 0) is 37.8 Å². The number of hydrogen-bond donors (Lipinski definition) is 2. The average molecular weight is 182 g/mol. The fraction of sp³-hybridized carbons (Fsp3) is 0.900. The Morgan fingerprint density at radius 2 is 2.15 bits per heavy atom. The molecule has 2 fully saturated rings. The zero-order valence-electron chi connectivity index (χ0n) is 8.18. The summed E-state index contributed by atoms with van der Waals surface area (Å²) in [5, 5.41) is 6.25. The summed E-state index contributed by atoms with van der Waals surface area (Å²) in [6.07, 6.45) is 3.07. The summed E-state index contributed by atoms with van der Waals surface area (Å²) in [6.45, 7) is 4.28. The molecule has 0 unspecified atom stereocenters. The van der Waals surface area contributed by atoms with Crippen molar-refractivity contribution < 1.29 is 4.79 Å². The number of amides is 1. The van der Waals surface area contributed by atoms with E-state index in [1.165, 1.54) is 12.8 Å². The molecule has 0 aromatic carbocycles. The monoisotopic (exact) mass is 182 g/mol. The predicted molar refractivity (Wildman–Crippen MR) is 51.3 cm³/mol. The van der Waals surface area contributed by atoms with Gasteiger partial charge in [-0.25, -0.2) is 0 Å². The highest BCUT2D eigenvalue weighted by Crippen LogP contribution is 2.26. The highest BCUT2D eigenvalue weighted by Gasteiger charge is 2.28. The molecule has 2 rings (SSSR count). The Morgan fingerprint density at radius 1 is 1.46 bits per heavy atom. The number of rotatable bonds is 3. The first-order valence-electron chi connectivity index (χ1n) is 5.24. The van der Waals surface area contributed by atoms with Crippen molar-refractivity contribution in [2.24, 2.45) is 11.8 Å². The zero-order valence-corrected chi connectivity index (χ0v) is 8.18. The SMILES string of the molecule is CC1CC(NC(=O)CC2CNC2)C1. The molecule has 1 saturated heterocycles. The maximum absolute atomic E-state index is 11.4. The molecule has 0 atom stereocenters. The van der Waals surface area contributed by atoms with E-state index < -0.39 is 0 Å². The molecule has 13 heavy (non-hydrogen) atoms. The molecule has 0 radical (unpaired) electrons. The van der Waals surface area contributed by atoms with Gasteiger partial charge in [0.25, 0.3) is 0 Å².